The molecular weight excluding hydrogens is 875 g/mol. The second-order valence-electron chi connectivity index (χ2n) is 17.6. The molecule has 0 aromatic rings. The van der Waals surface area contributed by atoms with Crippen molar-refractivity contribution in [2.45, 2.75) is 234 Å². The highest BCUT2D eigenvalue weighted by molar-refractivity contribution is 5.69. The highest BCUT2D eigenvalue weighted by Gasteiger charge is 2.18. The van der Waals surface area contributed by atoms with Gasteiger partial charge in [-0.05, 0) is 161 Å². The number of hydrogen-bond acceptors (Lipinski definition) is 12. The lowest BCUT2D eigenvalue weighted by molar-refractivity contribution is -0.159. The molecule has 0 aliphatic heterocycles. The van der Waals surface area contributed by atoms with Gasteiger partial charge in [-0.1, -0.05) is 90.2 Å². The average Bonchev–Trinajstić information content (AvgIpc) is 3.35. The molecule has 0 aliphatic rings. The summed E-state index contributed by atoms with van der Waals surface area (Å²) in [5, 5.41) is 0. The van der Waals surface area contributed by atoms with Crippen LogP contribution in [0.5, 0.6) is 0 Å². The molecule has 0 atom stereocenters. The van der Waals surface area contributed by atoms with Crippen molar-refractivity contribution < 1.29 is 52.3 Å². The van der Waals surface area contributed by atoms with E-state index in [1.54, 1.807) is 0 Å². The number of allylic oxidation sites excluding steroid dienone is 8. The van der Waals surface area contributed by atoms with E-state index in [0.29, 0.717) is 84.4 Å². The van der Waals surface area contributed by atoms with Crippen molar-refractivity contribution in [2.75, 3.05) is 65.9 Å². The monoisotopic (exact) mass is 978 g/mol. The molecule has 0 saturated heterocycles. The van der Waals surface area contributed by atoms with Gasteiger partial charge in [-0.15, -0.1) is 0 Å². The lowest BCUT2D eigenvalue weighted by atomic mass is 10.1. The summed E-state index contributed by atoms with van der Waals surface area (Å²) in [7, 11) is 0. The second kappa shape index (κ2) is 52.8. The zero-order chi connectivity index (χ0) is 50.5. The number of hydrogen-bond donors (Lipinski definition) is 0. The van der Waals surface area contributed by atoms with Crippen LogP contribution in [0.1, 0.15) is 215 Å². The molecule has 0 spiro atoms. The quantitative estimate of drug-likeness (QED) is 0.0189. The predicted molar refractivity (Wildman–Crippen MR) is 281 cm³/mol. The summed E-state index contributed by atoms with van der Waals surface area (Å²) < 4.78 is 46.7. The number of esters is 2. The minimum atomic E-state index is -0.668. The smallest absolute Gasteiger partial charge is 0.466 e. The Morgan fingerprint density at radius 2 is 0.739 bits per heavy atom. The molecule has 0 fully saturated rings. The third kappa shape index (κ3) is 47.1. The molecule has 0 heterocycles. The zero-order valence-corrected chi connectivity index (χ0v) is 45.0. The molecule has 12 nitrogen and oxygen atoms in total. The van der Waals surface area contributed by atoms with E-state index in [0.717, 1.165) is 129 Å². The zero-order valence-electron chi connectivity index (χ0n) is 45.0. The molecule has 0 aromatic heterocycles. The maximum absolute atomic E-state index is 12.8. The van der Waals surface area contributed by atoms with Gasteiger partial charge in [-0.2, -0.15) is 0 Å². The SMILES string of the molecule is CC/C=C\CCCCOC(CCC(=O)OCCCCC(CCCCOC(=O)CCC(OCCCC/C=C\CC)OCCCC/C=C\CC)OC(=O)OCCCN(CC)CC)OCCCC/C=C\CC. The van der Waals surface area contributed by atoms with Gasteiger partial charge >= 0.3 is 18.1 Å². The normalized spacial score (nSPS) is 12.1. The third-order valence-electron chi connectivity index (χ3n) is 11.4. The van der Waals surface area contributed by atoms with Crippen molar-refractivity contribution in [1.82, 2.24) is 4.90 Å². The molecule has 0 radical (unpaired) electrons. The van der Waals surface area contributed by atoms with Crippen LogP contribution in [0.2, 0.25) is 0 Å². The molecule has 0 aliphatic carbocycles. The Bertz CT molecular complexity index is 1140. The molecule has 0 saturated carbocycles. The highest BCUT2D eigenvalue weighted by atomic mass is 16.7. The number of nitrogens with zero attached hydrogens (tertiary/aromatic N) is 1. The fraction of sp³-hybridized carbons (Fsp3) is 0.807. The molecule has 0 aromatic carbocycles. The van der Waals surface area contributed by atoms with Crippen molar-refractivity contribution in [1.29, 1.82) is 0 Å². The van der Waals surface area contributed by atoms with Gasteiger partial charge in [0.15, 0.2) is 12.6 Å². The van der Waals surface area contributed by atoms with Crippen LogP contribution in [-0.4, -0.2) is 108 Å². The van der Waals surface area contributed by atoms with E-state index in [2.05, 4.69) is 95.1 Å². The molecule has 0 amide bonds. The van der Waals surface area contributed by atoms with E-state index in [1.165, 1.54) is 0 Å². The molecule has 0 bridgehead atoms. The van der Waals surface area contributed by atoms with Gasteiger partial charge in [-0.25, -0.2) is 4.79 Å². The summed E-state index contributed by atoms with van der Waals surface area (Å²) in [6.45, 7) is 18.8. The number of ether oxygens (including phenoxy) is 8. The van der Waals surface area contributed by atoms with Gasteiger partial charge in [0.05, 0.1) is 32.7 Å². The Hall–Kier alpha value is -3.03. The molecular formula is C57H103NO11. The van der Waals surface area contributed by atoms with Gasteiger partial charge < -0.3 is 42.8 Å². The second-order valence-corrected chi connectivity index (χ2v) is 17.6. The number of unbranched alkanes of at least 4 members (excludes halogenated alkanes) is 10. The maximum atomic E-state index is 12.8. The van der Waals surface area contributed by atoms with Crippen molar-refractivity contribution in [3.05, 3.63) is 48.6 Å². The summed E-state index contributed by atoms with van der Waals surface area (Å²) >= 11 is 0. The Kier molecular flexibility index (Phi) is 50.5. The number of carbonyl (C=O) groups excluding carboxylic acids is 3. The van der Waals surface area contributed by atoms with E-state index in [4.69, 9.17) is 37.9 Å². The van der Waals surface area contributed by atoms with E-state index < -0.39 is 18.7 Å². The van der Waals surface area contributed by atoms with Crippen LogP contribution in [0, 0.1) is 0 Å². The Morgan fingerprint density at radius 3 is 1.09 bits per heavy atom. The minimum absolute atomic E-state index is 0.219. The molecule has 0 N–H and O–H groups in total. The van der Waals surface area contributed by atoms with Crippen molar-refractivity contribution in [2.24, 2.45) is 0 Å². The van der Waals surface area contributed by atoms with Crippen LogP contribution in [0.4, 0.5) is 4.79 Å². The molecule has 402 valence electrons. The first-order valence-corrected chi connectivity index (χ1v) is 27.8. The summed E-state index contributed by atoms with van der Waals surface area (Å²) in [5.74, 6) is -0.547. The average molecular weight is 978 g/mol. The largest absolute Gasteiger partial charge is 0.508 e. The highest BCUT2D eigenvalue weighted by Crippen LogP contribution is 2.16. The minimum Gasteiger partial charge on any atom is -0.466 e. The van der Waals surface area contributed by atoms with Crippen molar-refractivity contribution in [3.63, 3.8) is 0 Å². The first kappa shape index (κ1) is 66.0. The van der Waals surface area contributed by atoms with Crippen molar-refractivity contribution in [3.8, 4) is 0 Å². The molecule has 0 rings (SSSR count). The van der Waals surface area contributed by atoms with Gasteiger partial charge in [0.25, 0.3) is 0 Å². The van der Waals surface area contributed by atoms with Crippen LogP contribution < -0.4 is 0 Å². The number of carbonyl (C=O) groups is 3. The van der Waals surface area contributed by atoms with Gasteiger partial charge in [0.1, 0.15) is 6.10 Å². The fourth-order valence-electron chi connectivity index (χ4n) is 7.24. The Balaban J connectivity index is 4.99. The first-order chi connectivity index (χ1) is 33.8. The van der Waals surface area contributed by atoms with E-state index >= 15 is 0 Å². The third-order valence-corrected chi connectivity index (χ3v) is 11.4. The molecule has 12 heteroatoms. The standard InChI is InChI=1S/C57H103NO11/c1-7-13-17-21-25-31-47-64-55(65-48-32-26-22-18-14-8-2)42-40-53(59)62-45-35-29-38-52(69-57(61)68-51-37-44-58(11-5)12-6)39-30-36-46-63-54(60)41-43-56(66-49-33-27-23-19-15-9-3)67-50-34-28-24-20-16-10-4/h13-20,52,55-56H,7-12,21-51H2,1-6H3/b17-13-,18-14-,19-15-,20-16-. The number of rotatable bonds is 51. The van der Waals surface area contributed by atoms with Crippen LogP contribution in [0.25, 0.3) is 0 Å². The Labute approximate surface area is 422 Å². The van der Waals surface area contributed by atoms with Gasteiger partial charge in [0.2, 0.25) is 0 Å². The van der Waals surface area contributed by atoms with Gasteiger partial charge in [0, 0.05) is 45.8 Å². The summed E-state index contributed by atoms with van der Waals surface area (Å²) in [4.78, 5) is 40.6. The fourth-order valence-corrected chi connectivity index (χ4v) is 7.24. The van der Waals surface area contributed by atoms with Crippen molar-refractivity contribution >= 4 is 18.1 Å². The van der Waals surface area contributed by atoms with Crippen LogP contribution >= 0.6 is 0 Å². The maximum Gasteiger partial charge on any atom is 0.508 e. The van der Waals surface area contributed by atoms with Crippen LogP contribution in [0.15, 0.2) is 48.6 Å². The van der Waals surface area contributed by atoms with Crippen LogP contribution in [0.3, 0.4) is 0 Å². The summed E-state index contributed by atoms with van der Waals surface area (Å²) in [5.41, 5.74) is 0. The lowest BCUT2D eigenvalue weighted by Crippen LogP contribution is -2.26. The Morgan fingerprint density at radius 1 is 0.391 bits per heavy atom. The predicted octanol–water partition coefficient (Wildman–Crippen LogP) is 14.5. The van der Waals surface area contributed by atoms with E-state index in [9.17, 15) is 14.4 Å². The van der Waals surface area contributed by atoms with E-state index in [1.807, 2.05) is 0 Å². The first-order valence-electron chi connectivity index (χ1n) is 27.8. The van der Waals surface area contributed by atoms with Gasteiger partial charge in [-0.3, -0.25) is 9.59 Å². The molecule has 69 heavy (non-hydrogen) atoms. The van der Waals surface area contributed by atoms with Crippen LogP contribution in [-0.2, 0) is 47.5 Å². The topological polar surface area (TPSA) is 128 Å². The lowest BCUT2D eigenvalue weighted by Gasteiger charge is -2.19. The summed E-state index contributed by atoms with van der Waals surface area (Å²) in [6.07, 6.45) is 38.0. The van der Waals surface area contributed by atoms with E-state index in [-0.39, 0.29) is 44.1 Å². The molecule has 0 unspecified atom stereocenters. The summed E-state index contributed by atoms with van der Waals surface area (Å²) in [6, 6.07) is 0.